The van der Waals surface area contributed by atoms with E-state index in [4.69, 9.17) is 10.5 Å². The Labute approximate surface area is 167 Å². The molecule has 2 amide bonds. The summed E-state index contributed by atoms with van der Waals surface area (Å²) in [6.07, 6.45) is 0. The summed E-state index contributed by atoms with van der Waals surface area (Å²) < 4.78 is 34.4. The van der Waals surface area contributed by atoms with Gasteiger partial charge in [-0.05, 0) is 55.9 Å². The molecule has 1 atom stereocenters. The van der Waals surface area contributed by atoms with Gasteiger partial charge in [-0.25, -0.2) is 0 Å². The fourth-order valence-electron chi connectivity index (χ4n) is 2.59. The molecule has 0 unspecified atom stereocenters. The Bertz CT molecular complexity index is 859. The quantitative estimate of drug-likeness (QED) is 0.667. The third-order valence-corrected chi connectivity index (χ3v) is 4.35. The van der Waals surface area contributed by atoms with Crippen LogP contribution in [0.15, 0.2) is 42.5 Å². The molecule has 0 bridgehead atoms. The molecule has 0 spiro atoms. The normalized spacial score (nSPS) is 12.0. The summed E-state index contributed by atoms with van der Waals surface area (Å²) in [6.45, 7) is -0.836. The molecule has 0 saturated carbocycles. The van der Waals surface area contributed by atoms with Gasteiger partial charge in [0.25, 0.3) is 0 Å². The molecule has 0 fully saturated rings. The highest BCUT2D eigenvalue weighted by molar-refractivity contribution is 5.96. The Morgan fingerprint density at radius 1 is 1.14 bits per heavy atom. The van der Waals surface area contributed by atoms with Crippen LogP contribution < -0.4 is 20.5 Å². The number of hydrogen-bond donors (Lipinski definition) is 2. The fraction of sp³-hybridized carbons (Fsp3) is 0.300. The lowest BCUT2D eigenvalue weighted by atomic mass is 10.1. The lowest BCUT2D eigenvalue weighted by molar-refractivity contribution is -0.120. The van der Waals surface area contributed by atoms with E-state index in [1.165, 1.54) is 25.3 Å². The lowest BCUT2D eigenvalue weighted by Gasteiger charge is -2.24. The van der Waals surface area contributed by atoms with E-state index in [-0.39, 0.29) is 17.4 Å². The average Bonchev–Trinajstić information content (AvgIpc) is 2.68. The summed E-state index contributed by atoms with van der Waals surface area (Å²) in [5, 5.41) is 2.77. The minimum Gasteiger partial charge on any atom is -0.493 e. The predicted octanol–water partition coefficient (Wildman–Crippen LogP) is 2.85. The number of benzene rings is 2. The molecule has 7 nitrogen and oxygen atoms in total. The van der Waals surface area contributed by atoms with Crippen molar-refractivity contribution in [1.82, 2.24) is 4.90 Å². The topological polar surface area (TPSA) is 93.9 Å². The first-order valence-corrected chi connectivity index (χ1v) is 8.74. The minimum absolute atomic E-state index is 0.0564. The number of ether oxygens (including phenoxy) is 2. The summed E-state index contributed by atoms with van der Waals surface area (Å²) in [7, 11) is 3.12. The Kier molecular flexibility index (Phi) is 7.49. The predicted molar refractivity (Wildman–Crippen MR) is 104 cm³/mol. The number of likely N-dealkylation sites (N-methyl/N-ethyl adjacent to an activating group) is 1. The van der Waals surface area contributed by atoms with Gasteiger partial charge in [0.15, 0.2) is 11.5 Å². The van der Waals surface area contributed by atoms with Crippen molar-refractivity contribution in [1.29, 1.82) is 0 Å². The highest BCUT2D eigenvalue weighted by Gasteiger charge is 2.19. The first-order chi connectivity index (χ1) is 13.7. The van der Waals surface area contributed by atoms with Crippen molar-refractivity contribution in [3.63, 3.8) is 0 Å². The van der Waals surface area contributed by atoms with Crippen LogP contribution in [0.5, 0.6) is 11.5 Å². The maximum atomic E-state index is 12.5. The van der Waals surface area contributed by atoms with Crippen LogP contribution in [0.2, 0.25) is 0 Å². The summed E-state index contributed by atoms with van der Waals surface area (Å²) in [5.74, 6) is -0.665. The molecular formula is C20H23F2N3O4. The smallest absolute Gasteiger partial charge is 0.387 e. The molecule has 2 aromatic rings. The van der Waals surface area contributed by atoms with Crippen LogP contribution in [0.25, 0.3) is 0 Å². The van der Waals surface area contributed by atoms with E-state index in [2.05, 4.69) is 10.1 Å². The molecule has 0 aromatic heterocycles. The molecule has 0 aliphatic heterocycles. The van der Waals surface area contributed by atoms with Crippen LogP contribution in [0.1, 0.15) is 22.8 Å². The molecule has 0 heterocycles. The third kappa shape index (κ3) is 6.15. The Balaban J connectivity index is 2.01. The van der Waals surface area contributed by atoms with E-state index in [0.29, 0.717) is 17.8 Å². The zero-order chi connectivity index (χ0) is 21.6. The molecule has 0 saturated heterocycles. The molecule has 0 aliphatic carbocycles. The van der Waals surface area contributed by atoms with E-state index in [9.17, 15) is 18.4 Å². The summed E-state index contributed by atoms with van der Waals surface area (Å²) >= 11 is 0. The highest BCUT2D eigenvalue weighted by Crippen LogP contribution is 2.30. The second-order valence-electron chi connectivity index (χ2n) is 6.39. The van der Waals surface area contributed by atoms with Gasteiger partial charge in [0.05, 0.1) is 13.2 Å². The number of nitrogens with one attached hydrogen (secondary N) is 1. The third-order valence-electron chi connectivity index (χ3n) is 4.35. The SMILES string of the molecule is COc1cc(CN(C)[C@@H](C)C(=O)Nc2ccc(C(N)=O)cc2)ccc1OC(F)F. The summed E-state index contributed by atoms with van der Waals surface area (Å²) in [4.78, 5) is 25.4. The van der Waals surface area contributed by atoms with Gasteiger partial charge < -0.3 is 20.5 Å². The number of rotatable bonds is 9. The first kappa shape index (κ1) is 22.1. The summed E-state index contributed by atoms with van der Waals surface area (Å²) in [5.41, 5.74) is 6.84. The van der Waals surface area contributed by atoms with Gasteiger partial charge in [-0.2, -0.15) is 8.78 Å². The number of alkyl halides is 2. The van der Waals surface area contributed by atoms with Gasteiger partial charge in [-0.1, -0.05) is 6.07 Å². The highest BCUT2D eigenvalue weighted by atomic mass is 19.3. The van der Waals surface area contributed by atoms with Crippen LogP contribution in [0.4, 0.5) is 14.5 Å². The van der Waals surface area contributed by atoms with Crippen molar-refractivity contribution in [2.45, 2.75) is 26.1 Å². The van der Waals surface area contributed by atoms with Crippen molar-refractivity contribution in [3.05, 3.63) is 53.6 Å². The maximum absolute atomic E-state index is 12.5. The van der Waals surface area contributed by atoms with Crippen molar-refractivity contribution in [2.75, 3.05) is 19.5 Å². The van der Waals surface area contributed by atoms with E-state index < -0.39 is 18.6 Å². The molecular weight excluding hydrogens is 384 g/mol. The van der Waals surface area contributed by atoms with Crippen LogP contribution in [0, 0.1) is 0 Å². The van der Waals surface area contributed by atoms with Crippen molar-refractivity contribution >= 4 is 17.5 Å². The number of hydrogen-bond acceptors (Lipinski definition) is 5. The molecule has 156 valence electrons. The van der Waals surface area contributed by atoms with E-state index >= 15 is 0 Å². The zero-order valence-electron chi connectivity index (χ0n) is 16.3. The van der Waals surface area contributed by atoms with Crippen molar-refractivity contribution < 1.29 is 27.8 Å². The number of halogens is 2. The lowest BCUT2D eigenvalue weighted by Crippen LogP contribution is -2.39. The first-order valence-electron chi connectivity index (χ1n) is 8.74. The number of anilines is 1. The Morgan fingerprint density at radius 2 is 1.79 bits per heavy atom. The van der Waals surface area contributed by atoms with Crippen LogP contribution in [-0.2, 0) is 11.3 Å². The molecule has 3 N–H and O–H groups in total. The zero-order valence-corrected chi connectivity index (χ0v) is 16.3. The molecule has 2 aromatic carbocycles. The van der Waals surface area contributed by atoms with E-state index in [1.807, 2.05) is 0 Å². The van der Waals surface area contributed by atoms with Gasteiger partial charge in [0.1, 0.15) is 0 Å². The molecule has 2 rings (SSSR count). The van der Waals surface area contributed by atoms with E-state index in [0.717, 1.165) is 5.56 Å². The molecule has 0 radical (unpaired) electrons. The van der Waals surface area contributed by atoms with Gasteiger partial charge >= 0.3 is 6.61 Å². The second kappa shape index (κ2) is 9.83. The van der Waals surface area contributed by atoms with Gasteiger partial charge in [-0.3, -0.25) is 14.5 Å². The number of carbonyl (C=O) groups excluding carboxylic acids is 2. The number of carbonyl (C=O) groups is 2. The minimum atomic E-state index is -2.95. The fourth-order valence-corrected chi connectivity index (χ4v) is 2.59. The Hall–Kier alpha value is -3.20. The molecule has 9 heteroatoms. The van der Waals surface area contributed by atoms with Crippen molar-refractivity contribution in [3.8, 4) is 11.5 Å². The van der Waals surface area contributed by atoms with Crippen molar-refractivity contribution in [2.24, 2.45) is 5.73 Å². The Morgan fingerprint density at radius 3 is 2.34 bits per heavy atom. The number of nitrogens with zero attached hydrogens (tertiary/aromatic N) is 1. The van der Waals surface area contributed by atoms with Gasteiger partial charge in [0, 0.05) is 17.8 Å². The number of nitrogens with two attached hydrogens (primary N) is 1. The van der Waals surface area contributed by atoms with Gasteiger partial charge in [0.2, 0.25) is 11.8 Å². The van der Waals surface area contributed by atoms with Gasteiger partial charge in [-0.15, -0.1) is 0 Å². The van der Waals surface area contributed by atoms with Crippen LogP contribution in [-0.4, -0.2) is 43.5 Å². The second-order valence-corrected chi connectivity index (χ2v) is 6.39. The molecule has 0 aliphatic rings. The van der Waals surface area contributed by atoms with Crippen LogP contribution >= 0.6 is 0 Å². The largest absolute Gasteiger partial charge is 0.493 e. The van der Waals surface area contributed by atoms with E-state index in [1.54, 1.807) is 43.1 Å². The standard InChI is InChI=1S/C20H23F2N3O4/c1-12(19(27)24-15-7-5-14(6-8-15)18(23)26)25(2)11-13-4-9-16(29-20(21)22)17(10-13)28-3/h4-10,12,20H,11H2,1-3H3,(H2,23,26)(H,24,27)/t12-/m0/s1. The number of primary amides is 1. The molecule has 29 heavy (non-hydrogen) atoms. The maximum Gasteiger partial charge on any atom is 0.387 e. The number of amides is 2. The van der Waals surface area contributed by atoms with Crippen LogP contribution in [0.3, 0.4) is 0 Å². The number of methoxy groups -OCH3 is 1. The average molecular weight is 407 g/mol. The summed E-state index contributed by atoms with van der Waals surface area (Å²) in [6, 6.07) is 10.4. The monoisotopic (exact) mass is 407 g/mol.